The standard InChI is InChI=1S/C25H38O5/c1-3-4-5-6-7-8-9-12-19-29-24(26)22-13-10-11-14-23(22)25(27)30-21-17-15-20(28-2)16-18-21/h15-18,22-23H,3-14,19H2,1-2H3. The SMILES string of the molecule is CCCCCCCCCCOC(=O)C1CCCCC1C(=O)Oc1ccc(OC)cc1. The molecule has 5 heteroatoms. The molecule has 2 atom stereocenters. The van der Waals surface area contributed by atoms with E-state index in [1.54, 1.807) is 31.4 Å². The van der Waals surface area contributed by atoms with Gasteiger partial charge in [-0.25, -0.2) is 0 Å². The molecular formula is C25H38O5. The van der Waals surface area contributed by atoms with Crippen LogP contribution >= 0.6 is 0 Å². The molecule has 0 aromatic heterocycles. The van der Waals surface area contributed by atoms with E-state index < -0.39 is 11.8 Å². The highest BCUT2D eigenvalue weighted by Crippen LogP contribution is 2.32. The summed E-state index contributed by atoms with van der Waals surface area (Å²) in [5.74, 6) is -0.221. The Bertz CT molecular complexity index is 625. The Hall–Kier alpha value is -2.04. The van der Waals surface area contributed by atoms with Gasteiger partial charge in [0.1, 0.15) is 11.5 Å². The van der Waals surface area contributed by atoms with Gasteiger partial charge in [0, 0.05) is 0 Å². The van der Waals surface area contributed by atoms with Crippen LogP contribution in [0.25, 0.3) is 0 Å². The Morgan fingerprint density at radius 3 is 1.93 bits per heavy atom. The summed E-state index contributed by atoms with van der Waals surface area (Å²) >= 11 is 0. The van der Waals surface area contributed by atoms with Gasteiger partial charge >= 0.3 is 11.9 Å². The van der Waals surface area contributed by atoms with Crippen molar-refractivity contribution in [1.29, 1.82) is 0 Å². The topological polar surface area (TPSA) is 61.8 Å². The predicted molar refractivity (Wildman–Crippen MR) is 118 cm³/mol. The maximum Gasteiger partial charge on any atom is 0.315 e. The molecule has 0 aliphatic heterocycles. The van der Waals surface area contributed by atoms with Crippen LogP contribution in [0.1, 0.15) is 84.0 Å². The number of unbranched alkanes of at least 4 members (excludes halogenated alkanes) is 7. The van der Waals surface area contributed by atoms with Crippen molar-refractivity contribution in [3.63, 3.8) is 0 Å². The van der Waals surface area contributed by atoms with Crippen molar-refractivity contribution >= 4 is 11.9 Å². The summed E-state index contributed by atoms with van der Waals surface area (Å²) < 4.78 is 16.2. The smallest absolute Gasteiger partial charge is 0.315 e. The van der Waals surface area contributed by atoms with Crippen LogP contribution in [0.5, 0.6) is 11.5 Å². The van der Waals surface area contributed by atoms with E-state index in [-0.39, 0.29) is 11.9 Å². The van der Waals surface area contributed by atoms with Gasteiger partial charge in [0.25, 0.3) is 0 Å². The van der Waals surface area contributed by atoms with E-state index >= 15 is 0 Å². The van der Waals surface area contributed by atoms with Crippen molar-refractivity contribution < 1.29 is 23.8 Å². The van der Waals surface area contributed by atoms with Crippen molar-refractivity contribution in [2.45, 2.75) is 84.0 Å². The van der Waals surface area contributed by atoms with Gasteiger partial charge in [-0.2, -0.15) is 0 Å². The molecule has 2 rings (SSSR count). The van der Waals surface area contributed by atoms with Crippen molar-refractivity contribution in [3.05, 3.63) is 24.3 Å². The van der Waals surface area contributed by atoms with Crippen LogP contribution in [0.15, 0.2) is 24.3 Å². The van der Waals surface area contributed by atoms with Crippen LogP contribution in [0.4, 0.5) is 0 Å². The Morgan fingerprint density at radius 2 is 1.33 bits per heavy atom. The zero-order chi connectivity index (χ0) is 21.6. The van der Waals surface area contributed by atoms with Crippen LogP contribution in [-0.4, -0.2) is 25.7 Å². The largest absolute Gasteiger partial charge is 0.497 e. The Kier molecular flexibility index (Phi) is 11.3. The minimum absolute atomic E-state index is 0.241. The third-order valence-electron chi connectivity index (χ3n) is 5.89. The fourth-order valence-corrected chi connectivity index (χ4v) is 4.05. The van der Waals surface area contributed by atoms with Crippen molar-refractivity contribution in [1.82, 2.24) is 0 Å². The fourth-order valence-electron chi connectivity index (χ4n) is 4.05. The molecule has 0 bridgehead atoms. The molecule has 0 saturated heterocycles. The quantitative estimate of drug-likeness (QED) is 0.220. The van der Waals surface area contributed by atoms with E-state index in [0.29, 0.717) is 30.9 Å². The molecule has 0 N–H and O–H groups in total. The minimum atomic E-state index is -0.424. The number of benzene rings is 1. The van der Waals surface area contributed by atoms with Gasteiger partial charge in [0.15, 0.2) is 0 Å². The predicted octanol–water partition coefficient (Wildman–Crippen LogP) is 6.09. The highest BCUT2D eigenvalue weighted by atomic mass is 16.5. The lowest BCUT2D eigenvalue weighted by Crippen LogP contribution is -2.36. The highest BCUT2D eigenvalue weighted by Gasteiger charge is 2.38. The molecule has 1 aliphatic carbocycles. The zero-order valence-electron chi connectivity index (χ0n) is 18.7. The third kappa shape index (κ3) is 8.37. The first-order valence-electron chi connectivity index (χ1n) is 11.7. The summed E-state index contributed by atoms with van der Waals surface area (Å²) in [6, 6.07) is 6.91. The average Bonchev–Trinajstić information content (AvgIpc) is 2.78. The molecule has 1 fully saturated rings. The highest BCUT2D eigenvalue weighted by molar-refractivity contribution is 5.83. The lowest BCUT2D eigenvalue weighted by Gasteiger charge is -2.28. The van der Waals surface area contributed by atoms with E-state index in [9.17, 15) is 9.59 Å². The Labute approximate surface area is 181 Å². The van der Waals surface area contributed by atoms with E-state index in [2.05, 4.69) is 6.92 Å². The summed E-state index contributed by atoms with van der Waals surface area (Å²) in [6.07, 6.45) is 12.9. The van der Waals surface area contributed by atoms with Crippen molar-refractivity contribution in [3.8, 4) is 11.5 Å². The van der Waals surface area contributed by atoms with Gasteiger partial charge in [-0.05, 0) is 43.5 Å². The number of esters is 2. The maximum absolute atomic E-state index is 12.7. The Balaban J connectivity index is 1.72. The second-order valence-corrected chi connectivity index (χ2v) is 8.24. The third-order valence-corrected chi connectivity index (χ3v) is 5.89. The second kappa shape index (κ2) is 14.1. The molecule has 5 nitrogen and oxygen atoms in total. The zero-order valence-corrected chi connectivity index (χ0v) is 18.7. The lowest BCUT2D eigenvalue weighted by atomic mass is 9.79. The number of carbonyl (C=O) groups excluding carboxylic acids is 2. The molecular weight excluding hydrogens is 380 g/mol. The number of hydrogen-bond donors (Lipinski definition) is 0. The summed E-state index contributed by atoms with van der Waals surface area (Å²) in [6.45, 7) is 2.68. The molecule has 30 heavy (non-hydrogen) atoms. The fraction of sp³-hybridized carbons (Fsp3) is 0.680. The van der Waals surface area contributed by atoms with Crippen LogP contribution in [0.2, 0.25) is 0 Å². The lowest BCUT2D eigenvalue weighted by molar-refractivity contribution is -0.158. The first-order chi connectivity index (χ1) is 14.7. The van der Waals surface area contributed by atoms with Crippen molar-refractivity contribution in [2.24, 2.45) is 11.8 Å². The molecule has 1 aromatic rings. The molecule has 1 aliphatic rings. The van der Waals surface area contributed by atoms with E-state index in [1.165, 1.54) is 38.5 Å². The normalized spacial score (nSPS) is 18.6. The number of methoxy groups -OCH3 is 1. The molecule has 0 radical (unpaired) electrons. The monoisotopic (exact) mass is 418 g/mol. The molecule has 0 heterocycles. The van der Waals surface area contributed by atoms with Gasteiger partial charge in [-0.1, -0.05) is 64.7 Å². The van der Waals surface area contributed by atoms with Crippen LogP contribution in [0, 0.1) is 11.8 Å². The first kappa shape index (κ1) is 24.2. The average molecular weight is 419 g/mol. The van der Waals surface area contributed by atoms with E-state index in [1.807, 2.05) is 0 Å². The summed E-state index contributed by atoms with van der Waals surface area (Å²) in [5.41, 5.74) is 0. The van der Waals surface area contributed by atoms with Crippen LogP contribution < -0.4 is 9.47 Å². The van der Waals surface area contributed by atoms with Gasteiger partial charge in [-0.3, -0.25) is 9.59 Å². The maximum atomic E-state index is 12.7. The second-order valence-electron chi connectivity index (χ2n) is 8.24. The van der Waals surface area contributed by atoms with E-state index in [0.717, 1.165) is 25.7 Å². The first-order valence-corrected chi connectivity index (χ1v) is 11.7. The van der Waals surface area contributed by atoms with Crippen LogP contribution in [-0.2, 0) is 14.3 Å². The molecule has 0 spiro atoms. The summed E-state index contributed by atoms with van der Waals surface area (Å²) in [4.78, 5) is 25.3. The molecule has 1 saturated carbocycles. The van der Waals surface area contributed by atoms with Crippen molar-refractivity contribution in [2.75, 3.05) is 13.7 Å². The molecule has 168 valence electrons. The molecule has 1 aromatic carbocycles. The minimum Gasteiger partial charge on any atom is -0.497 e. The summed E-state index contributed by atoms with van der Waals surface area (Å²) in [5, 5.41) is 0. The van der Waals surface area contributed by atoms with Crippen LogP contribution in [0.3, 0.4) is 0 Å². The summed E-state index contributed by atoms with van der Waals surface area (Å²) in [7, 11) is 1.59. The Morgan fingerprint density at radius 1 is 0.800 bits per heavy atom. The van der Waals surface area contributed by atoms with E-state index in [4.69, 9.17) is 14.2 Å². The number of rotatable bonds is 13. The van der Waals surface area contributed by atoms with Gasteiger partial charge in [0.05, 0.1) is 25.6 Å². The van der Waals surface area contributed by atoms with Gasteiger partial charge < -0.3 is 14.2 Å². The van der Waals surface area contributed by atoms with Gasteiger partial charge in [0.2, 0.25) is 0 Å². The molecule has 0 amide bonds. The number of carbonyl (C=O) groups is 2. The number of hydrogen-bond acceptors (Lipinski definition) is 5. The number of ether oxygens (including phenoxy) is 3. The molecule has 2 unspecified atom stereocenters. The van der Waals surface area contributed by atoms with Gasteiger partial charge in [-0.15, -0.1) is 0 Å².